The Morgan fingerprint density at radius 3 is 2.05 bits per heavy atom. The minimum Gasteiger partial charge on any atom is -0.373 e. The van der Waals surface area contributed by atoms with E-state index in [1.54, 1.807) is 4.57 Å². The minimum atomic E-state index is -4.85. The van der Waals surface area contributed by atoms with Crippen molar-refractivity contribution >= 4 is 26.8 Å². The van der Waals surface area contributed by atoms with Crippen molar-refractivity contribution in [1.29, 1.82) is 0 Å². The second-order valence-corrected chi connectivity index (χ2v) is 19.8. The highest BCUT2D eigenvalue weighted by molar-refractivity contribution is 7.47. The Labute approximate surface area is 383 Å². The molecule has 0 spiro atoms. The molecule has 0 aliphatic carbocycles. The van der Waals surface area contributed by atoms with Crippen LogP contribution >= 0.6 is 15.6 Å². The van der Waals surface area contributed by atoms with Crippen LogP contribution in [0.15, 0.2) is 38.3 Å². The molecule has 8 unspecified atom stereocenters. The zero-order valence-corrected chi connectivity index (χ0v) is 39.8. The maximum atomic E-state index is 13.1. The zero-order chi connectivity index (χ0) is 47.4. The lowest BCUT2D eigenvalue weighted by atomic mass is 10.0. The van der Waals surface area contributed by atoms with Crippen LogP contribution in [-0.2, 0) is 41.4 Å². The number of phosphoric ester groups is 2. The number of H-pyrrole nitrogens is 2. The first kappa shape index (κ1) is 53.4. The Hall–Kier alpha value is -3.56. The number of azide groups is 1. The minimum absolute atomic E-state index is 0.00492. The van der Waals surface area contributed by atoms with Crippen LogP contribution in [-0.4, -0.2) is 96.2 Å². The van der Waals surface area contributed by atoms with Crippen LogP contribution < -0.4 is 16.8 Å². The summed E-state index contributed by atoms with van der Waals surface area (Å²) in [5.41, 5.74) is 8.14. The van der Waals surface area contributed by atoms with Crippen molar-refractivity contribution < 1.29 is 51.2 Å². The first-order chi connectivity index (χ1) is 31.8. The predicted molar refractivity (Wildman–Crippen MR) is 242 cm³/mol. The number of phosphoric acid groups is 2. The number of rotatable bonds is 33. The Balaban J connectivity index is 1.07. The van der Waals surface area contributed by atoms with Gasteiger partial charge < -0.3 is 29.0 Å². The predicted octanol–water partition coefficient (Wildman–Crippen LogP) is 7.54. The summed E-state index contributed by atoms with van der Waals surface area (Å²) in [7, 11) is -9.55. The highest BCUT2D eigenvalue weighted by Gasteiger charge is 2.39. The van der Waals surface area contributed by atoms with Gasteiger partial charge in [0.1, 0.15) is 18.6 Å². The van der Waals surface area contributed by atoms with Gasteiger partial charge in [-0.25, -0.2) is 23.9 Å². The van der Waals surface area contributed by atoms with Gasteiger partial charge in [0.2, 0.25) is 0 Å². The summed E-state index contributed by atoms with van der Waals surface area (Å²) in [6.07, 6.45) is 19.8. The van der Waals surface area contributed by atoms with Gasteiger partial charge in [-0.1, -0.05) is 108 Å². The molecule has 3 aromatic rings. The second kappa shape index (κ2) is 27.4. The van der Waals surface area contributed by atoms with Crippen molar-refractivity contribution in [3.63, 3.8) is 0 Å². The van der Waals surface area contributed by atoms with Crippen LogP contribution in [0.5, 0.6) is 0 Å². The highest BCUT2D eigenvalue weighted by Crippen LogP contribution is 2.47. The molecule has 5 rings (SSSR count). The molecule has 0 radical (unpaired) electrons. The average Bonchev–Trinajstić information content (AvgIpc) is 4.05. The van der Waals surface area contributed by atoms with E-state index in [2.05, 4.69) is 36.9 Å². The zero-order valence-electron chi connectivity index (χ0n) is 38.0. The molecule has 25 heteroatoms. The molecule has 23 nitrogen and oxygen atoms in total. The molecule has 2 aliphatic rings. The van der Waals surface area contributed by atoms with E-state index in [1.165, 1.54) is 96.4 Å². The second-order valence-electron chi connectivity index (χ2n) is 16.9. The van der Waals surface area contributed by atoms with Crippen molar-refractivity contribution in [3.8, 4) is 0 Å². The van der Waals surface area contributed by atoms with E-state index in [4.69, 9.17) is 37.8 Å². The Morgan fingerprint density at radius 2 is 1.42 bits per heavy atom. The molecule has 3 aromatic heterocycles. The number of fused-ring (bicyclic) bond motifs is 1. The molecule has 4 N–H and O–H groups in total. The van der Waals surface area contributed by atoms with Gasteiger partial charge in [-0.05, 0) is 31.7 Å². The summed E-state index contributed by atoms with van der Waals surface area (Å²) in [6, 6.07) is -0.906. The fraction of sp³-hybridized carbons (Fsp3) is 0.780. The number of nitrogens with one attached hydrogen (secondary N) is 2. The third-order valence-corrected chi connectivity index (χ3v) is 13.5. The number of aryl methyl sites for hydroxylation is 1. The van der Waals surface area contributed by atoms with Crippen LogP contribution in [0.1, 0.15) is 147 Å². The van der Waals surface area contributed by atoms with E-state index < -0.39 is 89.1 Å². The van der Waals surface area contributed by atoms with Crippen LogP contribution in [0.2, 0.25) is 0 Å². The smallest absolute Gasteiger partial charge is 0.373 e. The number of nitrogens with zero attached hydrogens (tertiary/aromatic N) is 7. The van der Waals surface area contributed by atoms with E-state index in [9.17, 15) is 33.3 Å². The number of ether oxygens (including phenoxy) is 3. The third kappa shape index (κ3) is 17.5. The molecule has 370 valence electrons. The summed E-state index contributed by atoms with van der Waals surface area (Å²) >= 11 is 0. The van der Waals surface area contributed by atoms with Gasteiger partial charge in [-0.3, -0.25) is 41.8 Å². The van der Waals surface area contributed by atoms with Gasteiger partial charge in [-0.15, -0.1) is 0 Å². The first-order valence-corrected chi connectivity index (χ1v) is 26.2. The lowest BCUT2D eigenvalue weighted by molar-refractivity contribution is -0.0426. The van der Waals surface area contributed by atoms with Crippen molar-refractivity contribution in [2.75, 3.05) is 33.0 Å². The van der Waals surface area contributed by atoms with E-state index in [1.807, 2.05) is 0 Å². The van der Waals surface area contributed by atoms with Gasteiger partial charge in [0.05, 0.1) is 57.3 Å². The normalized spacial score (nSPS) is 22.0. The monoisotopic (exact) mass is 971 g/mol. The molecule has 2 aliphatic heterocycles. The highest BCUT2D eigenvalue weighted by atomic mass is 31.2. The number of hydrogen-bond donors (Lipinski definition) is 4. The fourth-order valence-electron chi connectivity index (χ4n) is 7.93. The number of aromatic nitrogens is 6. The molecule has 66 heavy (non-hydrogen) atoms. The Morgan fingerprint density at radius 1 is 0.818 bits per heavy atom. The topological polar surface area (TPSA) is 306 Å². The van der Waals surface area contributed by atoms with Crippen molar-refractivity contribution in [2.24, 2.45) is 5.11 Å². The summed E-state index contributed by atoms with van der Waals surface area (Å²) in [4.78, 5) is 73.4. The molecule has 2 saturated heterocycles. The number of aromatic amines is 2. The average molecular weight is 972 g/mol. The molecule has 0 bridgehead atoms. The van der Waals surface area contributed by atoms with Gasteiger partial charge in [0.15, 0.2) is 11.2 Å². The van der Waals surface area contributed by atoms with Crippen LogP contribution in [0, 0.1) is 6.92 Å². The standard InChI is InChI=1S/C41H67N9O14P2/c1-3-4-5-6-7-8-9-10-11-12-13-14-15-16-17-18-21-58-32(25-60-65(54,55)59-24-31-19-20-35(63-31)50-29-45-37-38(50)43-28-44-40(37)52)26-61-66(56,57)62-27-34-33(47-48-42)22-36(64-34)49-23-30(2)39(51)46-41(49)53/h23,28-29,31-36H,3-22,24-27H2,1-2H3,(H,54,55)(H,56,57)(H,43,44,52)(H,46,51,53). The third-order valence-electron chi connectivity index (χ3n) is 11.6. The summed E-state index contributed by atoms with van der Waals surface area (Å²) in [6.45, 7) is 1.92. The van der Waals surface area contributed by atoms with Gasteiger partial charge >= 0.3 is 21.3 Å². The molecule has 5 heterocycles. The molecule has 8 atom stereocenters. The summed E-state index contributed by atoms with van der Waals surface area (Å²) in [5.74, 6) is 0. The molecular weight excluding hydrogens is 904 g/mol. The molecule has 0 saturated carbocycles. The van der Waals surface area contributed by atoms with Gasteiger partial charge in [0, 0.05) is 29.7 Å². The quantitative estimate of drug-likeness (QED) is 0.0151. The molecular formula is C41H67N9O14P2. The number of imidazole rings is 1. The molecule has 0 aromatic carbocycles. The van der Waals surface area contributed by atoms with Crippen molar-refractivity contribution in [1.82, 2.24) is 29.1 Å². The number of hydrogen-bond acceptors (Lipinski definition) is 15. The van der Waals surface area contributed by atoms with Gasteiger partial charge in [0.25, 0.3) is 11.1 Å². The largest absolute Gasteiger partial charge is 0.472 e. The maximum Gasteiger partial charge on any atom is 0.472 e. The van der Waals surface area contributed by atoms with Crippen LogP contribution in [0.25, 0.3) is 21.6 Å². The van der Waals surface area contributed by atoms with Gasteiger partial charge in [-0.2, -0.15) is 0 Å². The Kier molecular flexibility index (Phi) is 22.2. The van der Waals surface area contributed by atoms with Crippen LogP contribution in [0.4, 0.5) is 0 Å². The molecule has 0 amide bonds. The number of unbranched alkanes of at least 4 members (excludes halogenated alkanes) is 15. The lowest BCUT2D eigenvalue weighted by Gasteiger charge is -2.22. The SMILES string of the molecule is CCCCCCCCCCCCCCCCCCOC(COP(=O)(O)OCC1CCC(n2cnc3c(=O)[nH]cnc32)O1)COP(=O)(O)OCC1OC(n2cc(C)c(=O)[nH]c2=O)CC1N=[N+]=[N-]. The van der Waals surface area contributed by atoms with Crippen LogP contribution in [0.3, 0.4) is 0 Å². The summed E-state index contributed by atoms with van der Waals surface area (Å²) in [5, 5.41) is 3.69. The first-order valence-electron chi connectivity index (χ1n) is 23.2. The lowest BCUT2D eigenvalue weighted by Crippen LogP contribution is -2.33. The summed E-state index contributed by atoms with van der Waals surface area (Å²) < 4.78 is 67.6. The van der Waals surface area contributed by atoms with E-state index in [0.29, 0.717) is 24.9 Å². The van der Waals surface area contributed by atoms with Crippen molar-refractivity contribution in [2.45, 2.75) is 173 Å². The van der Waals surface area contributed by atoms with E-state index in [-0.39, 0.29) is 30.7 Å². The molecule has 2 fully saturated rings. The Bertz CT molecular complexity index is 2270. The maximum absolute atomic E-state index is 13.1. The van der Waals surface area contributed by atoms with Crippen molar-refractivity contribution in [3.05, 3.63) is 66.0 Å². The van der Waals surface area contributed by atoms with E-state index >= 15 is 0 Å². The fourth-order valence-corrected chi connectivity index (χ4v) is 9.48. The van der Waals surface area contributed by atoms with E-state index in [0.717, 1.165) is 30.3 Å².